The molecule has 0 aromatic heterocycles. The Hall–Kier alpha value is -2.66. The minimum Gasteiger partial charge on any atom is -0.336 e. The van der Waals surface area contributed by atoms with E-state index in [0.717, 1.165) is 23.2 Å². The molecule has 0 saturated carbocycles. The first-order valence-corrected chi connectivity index (χ1v) is 9.12. The molecule has 1 N–H and O–H groups in total. The first-order chi connectivity index (χ1) is 12.7. The average molecular weight is 351 g/mol. The quantitative estimate of drug-likeness (QED) is 0.901. The molecule has 1 fully saturated rings. The van der Waals surface area contributed by atoms with Gasteiger partial charge in [-0.2, -0.15) is 0 Å². The molecule has 0 radical (unpaired) electrons. The minimum absolute atomic E-state index is 0.00580. The van der Waals surface area contributed by atoms with Crippen molar-refractivity contribution in [3.63, 3.8) is 0 Å². The molecular formula is C21H25N3O2. The summed E-state index contributed by atoms with van der Waals surface area (Å²) in [7, 11) is 0. The van der Waals surface area contributed by atoms with Crippen LogP contribution in [-0.2, 0) is 11.2 Å². The van der Waals surface area contributed by atoms with Gasteiger partial charge in [-0.15, -0.1) is 0 Å². The van der Waals surface area contributed by atoms with Crippen LogP contribution in [0.15, 0.2) is 54.6 Å². The molecular weight excluding hydrogens is 326 g/mol. The molecule has 2 amide bonds. The van der Waals surface area contributed by atoms with Gasteiger partial charge < -0.3 is 10.2 Å². The fraction of sp³-hybridized carbons (Fsp3) is 0.333. The standard InChI is InChI=1S/C21H25N3O2/c1-2-17-8-6-7-11-19(17)22-20(25)16-23-12-14-24(15-13-23)21(26)18-9-4-3-5-10-18/h3-11H,2,12-16H2,1H3,(H,22,25). The zero-order valence-electron chi connectivity index (χ0n) is 15.1. The number of para-hydroxylation sites is 1. The normalized spacial score (nSPS) is 14.9. The van der Waals surface area contributed by atoms with Crippen LogP contribution in [0.5, 0.6) is 0 Å². The number of aryl methyl sites for hydroxylation is 1. The van der Waals surface area contributed by atoms with Crippen molar-refractivity contribution >= 4 is 17.5 Å². The van der Waals surface area contributed by atoms with Crippen molar-refractivity contribution in [1.82, 2.24) is 9.80 Å². The number of amides is 2. The summed E-state index contributed by atoms with van der Waals surface area (Å²) in [4.78, 5) is 28.8. The van der Waals surface area contributed by atoms with Crippen molar-refractivity contribution in [1.29, 1.82) is 0 Å². The summed E-state index contributed by atoms with van der Waals surface area (Å²) in [5.41, 5.74) is 2.74. The molecule has 2 aromatic carbocycles. The Labute approximate surface area is 154 Å². The van der Waals surface area contributed by atoms with Gasteiger partial charge in [0.25, 0.3) is 5.91 Å². The molecule has 3 rings (SSSR count). The number of nitrogens with one attached hydrogen (secondary N) is 1. The van der Waals surface area contributed by atoms with Crippen LogP contribution in [0.1, 0.15) is 22.8 Å². The third kappa shape index (κ3) is 4.49. The highest BCUT2D eigenvalue weighted by Gasteiger charge is 2.23. The molecule has 5 heteroatoms. The molecule has 5 nitrogen and oxygen atoms in total. The summed E-state index contributed by atoms with van der Waals surface area (Å²) in [6.45, 7) is 5.14. The zero-order chi connectivity index (χ0) is 18.4. The first kappa shape index (κ1) is 18.1. The minimum atomic E-state index is -0.00580. The smallest absolute Gasteiger partial charge is 0.253 e. The average Bonchev–Trinajstić information content (AvgIpc) is 2.69. The van der Waals surface area contributed by atoms with Crippen LogP contribution >= 0.6 is 0 Å². The fourth-order valence-corrected chi connectivity index (χ4v) is 3.22. The second-order valence-electron chi connectivity index (χ2n) is 6.49. The predicted octanol–water partition coefficient (Wildman–Crippen LogP) is 2.65. The summed E-state index contributed by atoms with van der Waals surface area (Å²) in [6.07, 6.45) is 0.886. The van der Waals surface area contributed by atoms with Crippen LogP contribution < -0.4 is 5.32 Å². The number of carbonyl (C=O) groups excluding carboxylic acids is 2. The lowest BCUT2D eigenvalue weighted by molar-refractivity contribution is -0.117. The molecule has 0 bridgehead atoms. The lowest BCUT2D eigenvalue weighted by atomic mass is 10.1. The van der Waals surface area contributed by atoms with Gasteiger partial charge in [0, 0.05) is 37.4 Å². The third-order valence-corrected chi connectivity index (χ3v) is 4.72. The topological polar surface area (TPSA) is 52.7 Å². The summed E-state index contributed by atoms with van der Waals surface area (Å²) < 4.78 is 0. The van der Waals surface area contributed by atoms with Crippen molar-refractivity contribution in [2.45, 2.75) is 13.3 Å². The van der Waals surface area contributed by atoms with Crippen molar-refractivity contribution < 1.29 is 9.59 Å². The van der Waals surface area contributed by atoms with Gasteiger partial charge in [0.15, 0.2) is 0 Å². The molecule has 1 aliphatic heterocycles. The molecule has 0 atom stereocenters. The van der Waals surface area contributed by atoms with Crippen molar-refractivity contribution in [2.24, 2.45) is 0 Å². The Bertz CT molecular complexity index is 753. The first-order valence-electron chi connectivity index (χ1n) is 9.12. The van der Waals surface area contributed by atoms with Gasteiger partial charge in [-0.3, -0.25) is 14.5 Å². The van der Waals surface area contributed by atoms with Crippen molar-refractivity contribution in [3.8, 4) is 0 Å². The maximum Gasteiger partial charge on any atom is 0.253 e. The second kappa shape index (κ2) is 8.63. The van der Waals surface area contributed by atoms with E-state index in [4.69, 9.17) is 0 Å². The van der Waals surface area contributed by atoms with Gasteiger partial charge in [0.1, 0.15) is 0 Å². The highest BCUT2D eigenvalue weighted by molar-refractivity contribution is 5.94. The molecule has 1 saturated heterocycles. The van der Waals surface area contributed by atoms with Gasteiger partial charge in [-0.25, -0.2) is 0 Å². The third-order valence-electron chi connectivity index (χ3n) is 4.72. The number of benzene rings is 2. The summed E-state index contributed by atoms with van der Waals surface area (Å²) >= 11 is 0. The Morgan fingerprint density at radius 1 is 0.923 bits per heavy atom. The van der Waals surface area contributed by atoms with E-state index in [1.165, 1.54) is 0 Å². The summed E-state index contributed by atoms with van der Waals surface area (Å²) in [5, 5.41) is 3.01. The Kier molecular flexibility index (Phi) is 6.02. The van der Waals surface area contributed by atoms with Crippen LogP contribution in [-0.4, -0.2) is 54.3 Å². The van der Waals surface area contributed by atoms with E-state index in [1.807, 2.05) is 59.5 Å². The number of hydrogen-bond donors (Lipinski definition) is 1. The fourth-order valence-electron chi connectivity index (χ4n) is 3.22. The van der Waals surface area contributed by atoms with Crippen LogP contribution in [0, 0.1) is 0 Å². The van der Waals surface area contributed by atoms with Gasteiger partial charge in [0.05, 0.1) is 6.54 Å². The largest absolute Gasteiger partial charge is 0.336 e. The molecule has 2 aromatic rings. The molecule has 26 heavy (non-hydrogen) atoms. The number of carbonyl (C=O) groups is 2. The molecule has 136 valence electrons. The van der Waals surface area contributed by atoms with Crippen LogP contribution in [0.2, 0.25) is 0 Å². The Morgan fingerprint density at radius 2 is 1.58 bits per heavy atom. The Balaban J connectivity index is 1.49. The molecule has 0 spiro atoms. The number of rotatable bonds is 5. The Morgan fingerprint density at radius 3 is 2.27 bits per heavy atom. The van der Waals surface area contributed by atoms with E-state index in [-0.39, 0.29) is 11.8 Å². The van der Waals surface area contributed by atoms with Gasteiger partial charge in [0.2, 0.25) is 5.91 Å². The molecule has 1 heterocycles. The molecule has 1 aliphatic rings. The number of piperazine rings is 1. The van der Waals surface area contributed by atoms with Crippen LogP contribution in [0.3, 0.4) is 0 Å². The number of anilines is 1. The summed E-state index contributed by atoms with van der Waals surface area (Å²) in [6, 6.07) is 17.2. The van der Waals surface area contributed by atoms with E-state index in [2.05, 4.69) is 17.1 Å². The second-order valence-corrected chi connectivity index (χ2v) is 6.49. The van der Waals surface area contributed by atoms with Gasteiger partial charge in [-0.1, -0.05) is 43.3 Å². The lowest BCUT2D eigenvalue weighted by Gasteiger charge is -2.34. The summed E-state index contributed by atoms with van der Waals surface area (Å²) in [5.74, 6) is 0.0558. The van der Waals surface area contributed by atoms with Gasteiger partial charge in [-0.05, 0) is 30.2 Å². The van der Waals surface area contributed by atoms with Crippen LogP contribution in [0.4, 0.5) is 5.69 Å². The van der Waals surface area contributed by atoms with E-state index in [9.17, 15) is 9.59 Å². The number of hydrogen-bond acceptors (Lipinski definition) is 3. The van der Waals surface area contributed by atoms with Gasteiger partial charge >= 0.3 is 0 Å². The van der Waals surface area contributed by atoms with E-state index >= 15 is 0 Å². The van der Waals surface area contributed by atoms with Crippen molar-refractivity contribution in [3.05, 3.63) is 65.7 Å². The highest BCUT2D eigenvalue weighted by atomic mass is 16.2. The monoisotopic (exact) mass is 351 g/mol. The van der Waals surface area contributed by atoms with E-state index in [1.54, 1.807) is 0 Å². The zero-order valence-corrected chi connectivity index (χ0v) is 15.1. The van der Waals surface area contributed by atoms with Crippen LogP contribution in [0.25, 0.3) is 0 Å². The maximum atomic E-state index is 12.5. The number of nitrogens with zero attached hydrogens (tertiary/aromatic N) is 2. The highest BCUT2D eigenvalue weighted by Crippen LogP contribution is 2.15. The maximum absolute atomic E-state index is 12.5. The van der Waals surface area contributed by atoms with E-state index < -0.39 is 0 Å². The molecule has 0 aliphatic carbocycles. The SMILES string of the molecule is CCc1ccccc1NC(=O)CN1CCN(C(=O)c2ccccc2)CC1. The van der Waals surface area contributed by atoms with E-state index in [0.29, 0.717) is 32.7 Å². The van der Waals surface area contributed by atoms with Crippen molar-refractivity contribution in [2.75, 3.05) is 38.0 Å². The molecule has 0 unspecified atom stereocenters. The predicted molar refractivity (Wildman–Crippen MR) is 103 cm³/mol. The lowest BCUT2D eigenvalue weighted by Crippen LogP contribution is -2.50.